The highest BCUT2D eigenvalue weighted by Gasteiger charge is 2.24. The van der Waals surface area contributed by atoms with Crippen LogP contribution >= 0.6 is 0 Å². The molecule has 1 heterocycles. The quantitative estimate of drug-likeness (QED) is 0.578. The molecule has 0 amide bonds. The molecule has 3 nitrogen and oxygen atoms in total. The summed E-state index contributed by atoms with van der Waals surface area (Å²) >= 11 is 0. The Kier molecular flexibility index (Phi) is 2.31. The number of rotatable bonds is 3. The van der Waals surface area contributed by atoms with Crippen LogP contribution in [0.1, 0.15) is 23.2 Å². The van der Waals surface area contributed by atoms with Gasteiger partial charge in [-0.2, -0.15) is 0 Å². The molecule has 0 aromatic carbocycles. The summed E-state index contributed by atoms with van der Waals surface area (Å²) in [5, 5.41) is 0. The van der Waals surface area contributed by atoms with E-state index in [2.05, 4.69) is 4.98 Å². The zero-order chi connectivity index (χ0) is 9.97. The van der Waals surface area contributed by atoms with Gasteiger partial charge < -0.3 is 5.73 Å². The Hall–Kier alpha value is -1.64. The van der Waals surface area contributed by atoms with Crippen molar-refractivity contribution in [2.45, 2.75) is 12.8 Å². The van der Waals surface area contributed by atoms with E-state index in [0.29, 0.717) is 17.2 Å². The molecule has 72 valence electrons. The van der Waals surface area contributed by atoms with E-state index in [-0.39, 0.29) is 5.78 Å². The Bertz CT molecular complexity index is 366. The van der Waals surface area contributed by atoms with Crippen LogP contribution in [0.5, 0.6) is 0 Å². The third-order valence-electron chi connectivity index (χ3n) is 2.31. The Morgan fingerprint density at radius 3 is 2.64 bits per heavy atom. The normalized spacial score (nSPS) is 16.7. The van der Waals surface area contributed by atoms with Crippen molar-refractivity contribution in [2.75, 3.05) is 0 Å². The fourth-order valence-electron chi connectivity index (χ4n) is 1.29. The predicted octanol–water partition coefficient (Wildman–Crippen LogP) is 1.52. The number of carbonyl (C=O) groups is 1. The molecule has 14 heavy (non-hydrogen) atoms. The van der Waals surface area contributed by atoms with Gasteiger partial charge in [-0.25, -0.2) is 0 Å². The fourth-order valence-corrected chi connectivity index (χ4v) is 1.29. The van der Waals surface area contributed by atoms with E-state index in [1.165, 1.54) is 6.08 Å². The molecule has 0 radical (unpaired) electrons. The lowest BCUT2D eigenvalue weighted by molar-refractivity contribution is 0.104. The topological polar surface area (TPSA) is 56.0 Å². The third-order valence-corrected chi connectivity index (χ3v) is 2.31. The van der Waals surface area contributed by atoms with E-state index in [1.54, 1.807) is 24.5 Å². The van der Waals surface area contributed by atoms with Crippen molar-refractivity contribution in [3.63, 3.8) is 0 Å². The molecule has 0 atom stereocenters. The Balaban J connectivity index is 2.12. The summed E-state index contributed by atoms with van der Waals surface area (Å²) in [6.45, 7) is 0. The lowest BCUT2D eigenvalue weighted by Gasteiger charge is -1.97. The van der Waals surface area contributed by atoms with Crippen molar-refractivity contribution in [3.8, 4) is 0 Å². The highest BCUT2D eigenvalue weighted by molar-refractivity contribution is 6.04. The number of hydrogen-bond acceptors (Lipinski definition) is 3. The minimum absolute atomic E-state index is 0.0307. The first-order valence-electron chi connectivity index (χ1n) is 4.69. The lowest BCUT2D eigenvalue weighted by atomic mass is 10.1. The van der Waals surface area contributed by atoms with Crippen LogP contribution < -0.4 is 5.73 Å². The highest BCUT2D eigenvalue weighted by Crippen LogP contribution is 2.33. The monoisotopic (exact) mass is 188 g/mol. The summed E-state index contributed by atoms with van der Waals surface area (Å²) in [5.41, 5.74) is 7.10. The van der Waals surface area contributed by atoms with Crippen molar-refractivity contribution in [3.05, 3.63) is 41.9 Å². The molecule has 2 rings (SSSR count). The van der Waals surface area contributed by atoms with Gasteiger partial charge in [0.25, 0.3) is 0 Å². The summed E-state index contributed by atoms with van der Waals surface area (Å²) in [6.07, 6.45) is 6.98. The minimum atomic E-state index is -0.0307. The van der Waals surface area contributed by atoms with E-state index in [9.17, 15) is 4.79 Å². The van der Waals surface area contributed by atoms with Crippen LogP contribution in [0, 0.1) is 5.92 Å². The second-order valence-electron chi connectivity index (χ2n) is 3.52. The van der Waals surface area contributed by atoms with E-state index in [4.69, 9.17) is 5.73 Å². The standard InChI is InChI=1S/C11H12N2O/c12-10(8-1-2-8)7-11(14)9-3-5-13-6-4-9/h3-8H,1-2,12H2. The predicted molar refractivity (Wildman–Crippen MR) is 53.6 cm³/mol. The Morgan fingerprint density at radius 2 is 2.07 bits per heavy atom. The Morgan fingerprint density at radius 1 is 1.43 bits per heavy atom. The third kappa shape index (κ3) is 1.99. The maximum Gasteiger partial charge on any atom is 0.187 e. The first-order valence-corrected chi connectivity index (χ1v) is 4.69. The van der Waals surface area contributed by atoms with Crippen molar-refractivity contribution >= 4 is 5.78 Å². The van der Waals surface area contributed by atoms with Gasteiger partial charge in [0.1, 0.15) is 0 Å². The van der Waals surface area contributed by atoms with Gasteiger partial charge in [-0.05, 0) is 30.9 Å². The second-order valence-corrected chi connectivity index (χ2v) is 3.52. The molecule has 1 aliphatic carbocycles. The second kappa shape index (κ2) is 3.62. The molecule has 0 unspecified atom stereocenters. The number of carbonyl (C=O) groups excluding carboxylic acids is 1. The molecule has 1 aliphatic rings. The molecule has 1 saturated carbocycles. The molecule has 1 fully saturated rings. The molecule has 0 saturated heterocycles. The molecule has 2 N–H and O–H groups in total. The first kappa shape index (κ1) is 8.94. The Labute approximate surface area is 82.6 Å². The number of ketones is 1. The maximum atomic E-state index is 11.6. The van der Waals surface area contributed by atoms with Gasteiger partial charge in [0, 0.05) is 29.7 Å². The van der Waals surface area contributed by atoms with Crippen molar-refractivity contribution in [1.29, 1.82) is 0 Å². The fraction of sp³-hybridized carbons (Fsp3) is 0.273. The lowest BCUT2D eigenvalue weighted by Crippen LogP contribution is -2.04. The van der Waals surface area contributed by atoms with E-state index >= 15 is 0 Å². The van der Waals surface area contributed by atoms with Gasteiger partial charge in [-0.15, -0.1) is 0 Å². The molecular weight excluding hydrogens is 176 g/mol. The maximum absolute atomic E-state index is 11.6. The molecule has 0 aliphatic heterocycles. The van der Waals surface area contributed by atoms with Crippen molar-refractivity contribution in [2.24, 2.45) is 11.7 Å². The minimum Gasteiger partial charge on any atom is -0.402 e. The van der Waals surface area contributed by atoms with Crippen LogP contribution in [0.3, 0.4) is 0 Å². The zero-order valence-electron chi connectivity index (χ0n) is 7.81. The van der Waals surface area contributed by atoms with Gasteiger partial charge in [-0.3, -0.25) is 9.78 Å². The van der Waals surface area contributed by atoms with Crippen LogP contribution in [0.25, 0.3) is 0 Å². The number of allylic oxidation sites excluding steroid dienone is 2. The summed E-state index contributed by atoms with van der Waals surface area (Å²) in [6, 6.07) is 3.39. The molecule has 1 aromatic heterocycles. The highest BCUT2D eigenvalue weighted by atomic mass is 16.1. The van der Waals surface area contributed by atoms with Gasteiger partial charge in [0.2, 0.25) is 0 Å². The summed E-state index contributed by atoms with van der Waals surface area (Å²) < 4.78 is 0. The van der Waals surface area contributed by atoms with Crippen LogP contribution in [-0.2, 0) is 0 Å². The number of nitrogens with two attached hydrogens (primary N) is 1. The zero-order valence-corrected chi connectivity index (χ0v) is 7.81. The van der Waals surface area contributed by atoms with Crippen molar-refractivity contribution in [1.82, 2.24) is 4.98 Å². The van der Waals surface area contributed by atoms with E-state index in [1.807, 2.05) is 0 Å². The van der Waals surface area contributed by atoms with Crippen molar-refractivity contribution < 1.29 is 4.79 Å². The van der Waals surface area contributed by atoms with Gasteiger partial charge in [-0.1, -0.05) is 0 Å². The number of nitrogens with zero attached hydrogens (tertiary/aromatic N) is 1. The smallest absolute Gasteiger partial charge is 0.187 e. The van der Waals surface area contributed by atoms with Gasteiger partial charge in [0.15, 0.2) is 5.78 Å². The largest absolute Gasteiger partial charge is 0.402 e. The SMILES string of the molecule is NC(=CC(=O)c1ccncc1)C1CC1. The molecular formula is C11H12N2O. The summed E-state index contributed by atoms with van der Waals surface area (Å²) in [5.74, 6) is 0.414. The number of aromatic nitrogens is 1. The van der Waals surface area contributed by atoms with E-state index in [0.717, 1.165) is 12.8 Å². The summed E-state index contributed by atoms with van der Waals surface area (Å²) in [7, 11) is 0. The number of pyridine rings is 1. The van der Waals surface area contributed by atoms with Gasteiger partial charge >= 0.3 is 0 Å². The average Bonchev–Trinajstić information content (AvgIpc) is 3.02. The molecule has 0 bridgehead atoms. The molecule has 0 spiro atoms. The van der Waals surface area contributed by atoms with E-state index < -0.39 is 0 Å². The van der Waals surface area contributed by atoms with Gasteiger partial charge in [0.05, 0.1) is 0 Å². The average molecular weight is 188 g/mol. The number of hydrogen-bond donors (Lipinski definition) is 1. The molecule has 3 heteroatoms. The molecule has 1 aromatic rings. The van der Waals surface area contributed by atoms with Crippen LogP contribution in [0.2, 0.25) is 0 Å². The van der Waals surface area contributed by atoms with Crippen LogP contribution in [-0.4, -0.2) is 10.8 Å². The van der Waals surface area contributed by atoms with Crippen LogP contribution in [0.15, 0.2) is 36.3 Å². The first-order chi connectivity index (χ1) is 6.77. The van der Waals surface area contributed by atoms with Crippen LogP contribution in [0.4, 0.5) is 0 Å². The summed E-state index contributed by atoms with van der Waals surface area (Å²) in [4.78, 5) is 15.5.